The fourth-order valence-electron chi connectivity index (χ4n) is 2.38. The smallest absolute Gasteiger partial charge is 0.131 e. The number of pyridine rings is 1. The first kappa shape index (κ1) is 14.3. The SMILES string of the molecule is CCCCCN(C)c1ncc(CNC2CC2)cc1C. The Morgan fingerprint density at radius 3 is 2.79 bits per heavy atom. The van der Waals surface area contributed by atoms with Gasteiger partial charge in [0.05, 0.1) is 0 Å². The van der Waals surface area contributed by atoms with Crippen LogP contribution in [0.15, 0.2) is 12.3 Å². The van der Waals surface area contributed by atoms with Gasteiger partial charge in [-0.15, -0.1) is 0 Å². The van der Waals surface area contributed by atoms with E-state index in [2.05, 4.69) is 42.2 Å². The average molecular weight is 261 g/mol. The third-order valence-electron chi connectivity index (χ3n) is 3.74. The molecule has 0 aliphatic heterocycles. The van der Waals surface area contributed by atoms with Gasteiger partial charge in [-0.1, -0.05) is 19.8 Å². The van der Waals surface area contributed by atoms with Crippen LogP contribution in [-0.2, 0) is 6.54 Å². The molecular weight excluding hydrogens is 234 g/mol. The summed E-state index contributed by atoms with van der Waals surface area (Å²) in [7, 11) is 2.15. The number of anilines is 1. The molecule has 19 heavy (non-hydrogen) atoms. The van der Waals surface area contributed by atoms with Gasteiger partial charge in [0.15, 0.2) is 0 Å². The minimum absolute atomic E-state index is 0.761. The van der Waals surface area contributed by atoms with Gasteiger partial charge in [0, 0.05) is 32.4 Å². The number of aromatic nitrogens is 1. The summed E-state index contributed by atoms with van der Waals surface area (Å²) >= 11 is 0. The molecule has 0 amide bonds. The van der Waals surface area contributed by atoms with Crippen LogP contribution >= 0.6 is 0 Å². The molecule has 1 fully saturated rings. The predicted octanol–water partition coefficient (Wildman–Crippen LogP) is 3.27. The minimum atomic E-state index is 0.761. The van der Waals surface area contributed by atoms with Crippen molar-refractivity contribution in [3.8, 4) is 0 Å². The maximum absolute atomic E-state index is 4.64. The van der Waals surface area contributed by atoms with Gasteiger partial charge in [-0.05, 0) is 43.4 Å². The van der Waals surface area contributed by atoms with Crippen LogP contribution < -0.4 is 10.2 Å². The summed E-state index contributed by atoms with van der Waals surface area (Å²) in [6.07, 6.45) is 8.52. The molecule has 3 nitrogen and oxygen atoms in total. The molecule has 1 saturated carbocycles. The normalized spacial score (nSPS) is 14.7. The number of nitrogens with one attached hydrogen (secondary N) is 1. The monoisotopic (exact) mass is 261 g/mol. The summed E-state index contributed by atoms with van der Waals surface area (Å²) in [6.45, 7) is 6.46. The van der Waals surface area contributed by atoms with Crippen molar-refractivity contribution in [3.05, 3.63) is 23.4 Å². The van der Waals surface area contributed by atoms with Crippen LogP contribution in [0.2, 0.25) is 0 Å². The lowest BCUT2D eigenvalue weighted by atomic mass is 10.2. The van der Waals surface area contributed by atoms with Gasteiger partial charge >= 0.3 is 0 Å². The van der Waals surface area contributed by atoms with E-state index < -0.39 is 0 Å². The summed E-state index contributed by atoms with van der Waals surface area (Å²) in [6, 6.07) is 3.03. The van der Waals surface area contributed by atoms with Gasteiger partial charge in [0.2, 0.25) is 0 Å². The standard InChI is InChI=1S/C16H27N3/c1-4-5-6-9-19(3)16-13(2)10-14(12-18-16)11-17-15-7-8-15/h10,12,15,17H,4-9,11H2,1-3H3. The fraction of sp³-hybridized carbons (Fsp3) is 0.688. The average Bonchev–Trinajstić information content (AvgIpc) is 3.20. The van der Waals surface area contributed by atoms with Crippen LogP contribution in [0.1, 0.15) is 50.2 Å². The molecule has 0 atom stereocenters. The quantitative estimate of drug-likeness (QED) is 0.728. The molecule has 3 heteroatoms. The van der Waals surface area contributed by atoms with E-state index in [1.807, 2.05) is 6.20 Å². The second-order valence-corrected chi connectivity index (χ2v) is 5.77. The molecule has 1 aromatic rings. The lowest BCUT2D eigenvalue weighted by Gasteiger charge is -2.20. The van der Waals surface area contributed by atoms with Gasteiger partial charge in [-0.2, -0.15) is 0 Å². The van der Waals surface area contributed by atoms with Gasteiger partial charge < -0.3 is 10.2 Å². The Kier molecular flexibility index (Phi) is 5.20. The minimum Gasteiger partial charge on any atom is -0.359 e. The maximum Gasteiger partial charge on any atom is 0.131 e. The van der Waals surface area contributed by atoms with E-state index in [0.29, 0.717) is 0 Å². The van der Waals surface area contributed by atoms with Crippen LogP contribution in [0.25, 0.3) is 0 Å². The molecule has 106 valence electrons. The second-order valence-electron chi connectivity index (χ2n) is 5.77. The Hall–Kier alpha value is -1.09. The Morgan fingerprint density at radius 1 is 1.37 bits per heavy atom. The van der Waals surface area contributed by atoms with E-state index in [-0.39, 0.29) is 0 Å². The lowest BCUT2D eigenvalue weighted by molar-refractivity contribution is 0.682. The molecule has 2 rings (SSSR count). The lowest BCUT2D eigenvalue weighted by Crippen LogP contribution is -2.21. The molecule has 0 spiro atoms. The highest BCUT2D eigenvalue weighted by molar-refractivity contribution is 5.46. The molecule has 1 aromatic heterocycles. The summed E-state index contributed by atoms with van der Waals surface area (Å²) in [5.74, 6) is 1.13. The molecule has 0 aromatic carbocycles. The molecule has 0 radical (unpaired) electrons. The van der Waals surface area contributed by atoms with Crippen molar-refractivity contribution in [2.75, 3.05) is 18.5 Å². The Morgan fingerprint density at radius 2 is 2.16 bits per heavy atom. The van der Waals surface area contributed by atoms with Crippen LogP contribution in [0.4, 0.5) is 5.82 Å². The number of hydrogen-bond acceptors (Lipinski definition) is 3. The Balaban J connectivity index is 1.89. The number of aryl methyl sites for hydroxylation is 1. The first-order valence-electron chi connectivity index (χ1n) is 7.60. The third-order valence-corrected chi connectivity index (χ3v) is 3.74. The first-order chi connectivity index (χ1) is 9.20. The molecule has 1 aliphatic carbocycles. The first-order valence-corrected chi connectivity index (χ1v) is 7.60. The summed E-state index contributed by atoms with van der Waals surface area (Å²) < 4.78 is 0. The summed E-state index contributed by atoms with van der Waals surface area (Å²) in [5, 5.41) is 3.54. The zero-order valence-corrected chi connectivity index (χ0v) is 12.6. The Labute approximate surface area is 117 Å². The van der Waals surface area contributed by atoms with Crippen LogP contribution in [0, 0.1) is 6.92 Å². The van der Waals surface area contributed by atoms with E-state index in [1.165, 1.54) is 43.2 Å². The van der Waals surface area contributed by atoms with Crippen molar-refractivity contribution in [3.63, 3.8) is 0 Å². The van der Waals surface area contributed by atoms with Crippen molar-refractivity contribution < 1.29 is 0 Å². The van der Waals surface area contributed by atoms with Gasteiger partial charge in [0.1, 0.15) is 5.82 Å². The molecule has 0 unspecified atom stereocenters. The van der Waals surface area contributed by atoms with E-state index in [9.17, 15) is 0 Å². The van der Waals surface area contributed by atoms with Crippen molar-refractivity contribution in [1.29, 1.82) is 0 Å². The zero-order valence-electron chi connectivity index (χ0n) is 12.6. The summed E-state index contributed by atoms with van der Waals surface area (Å²) in [5.41, 5.74) is 2.59. The number of nitrogens with zero attached hydrogens (tertiary/aromatic N) is 2. The molecule has 1 N–H and O–H groups in total. The highest BCUT2D eigenvalue weighted by Crippen LogP contribution is 2.21. The highest BCUT2D eigenvalue weighted by atomic mass is 15.2. The number of hydrogen-bond donors (Lipinski definition) is 1. The van der Waals surface area contributed by atoms with Crippen molar-refractivity contribution in [1.82, 2.24) is 10.3 Å². The van der Waals surface area contributed by atoms with E-state index >= 15 is 0 Å². The van der Waals surface area contributed by atoms with E-state index in [0.717, 1.165) is 24.9 Å². The van der Waals surface area contributed by atoms with Crippen molar-refractivity contribution in [2.24, 2.45) is 0 Å². The number of rotatable bonds is 8. The zero-order chi connectivity index (χ0) is 13.7. The van der Waals surface area contributed by atoms with E-state index in [4.69, 9.17) is 0 Å². The Bertz CT molecular complexity index is 399. The van der Waals surface area contributed by atoms with Crippen LogP contribution in [-0.4, -0.2) is 24.6 Å². The molecular formula is C16H27N3. The topological polar surface area (TPSA) is 28.2 Å². The van der Waals surface area contributed by atoms with E-state index in [1.54, 1.807) is 0 Å². The van der Waals surface area contributed by atoms with Crippen molar-refractivity contribution in [2.45, 2.75) is 58.5 Å². The predicted molar refractivity (Wildman–Crippen MR) is 81.6 cm³/mol. The molecule has 1 heterocycles. The maximum atomic E-state index is 4.64. The van der Waals surface area contributed by atoms with Gasteiger partial charge in [-0.3, -0.25) is 0 Å². The summed E-state index contributed by atoms with van der Waals surface area (Å²) in [4.78, 5) is 6.92. The van der Waals surface area contributed by atoms with Crippen molar-refractivity contribution >= 4 is 5.82 Å². The van der Waals surface area contributed by atoms with Gasteiger partial charge in [-0.25, -0.2) is 4.98 Å². The third kappa shape index (κ3) is 4.50. The fourth-order valence-corrected chi connectivity index (χ4v) is 2.38. The molecule has 0 saturated heterocycles. The van der Waals surface area contributed by atoms with Gasteiger partial charge in [0.25, 0.3) is 0 Å². The molecule has 0 bridgehead atoms. The van der Waals surface area contributed by atoms with Crippen LogP contribution in [0.5, 0.6) is 0 Å². The largest absolute Gasteiger partial charge is 0.359 e. The number of unbranched alkanes of at least 4 members (excludes halogenated alkanes) is 2. The highest BCUT2D eigenvalue weighted by Gasteiger charge is 2.20. The second kappa shape index (κ2) is 6.90. The van der Waals surface area contributed by atoms with Crippen LogP contribution in [0.3, 0.4) is 0 Å². The molecule has 1 aliphatic rings.